The molecule has 0 unspecified atom stereocenters. The number of carbonyl (C=O) groups is 2. The van der Waals surface area contributed by atoms with Gasteiger partial charge in [-0.05, 0) is 48.6 Å². The summed E-state index contributed by atoms with van der Waals surface area (Å²) >= 11 is 0. The van der Waals surface area contributed by atoms with Crippen LogP contribution in [0.4, 0.5) is 17.6 Å². The molecule has 0 radical (unpaired) electrons. The predicted molar refractivity (Wildman–Crippen MR) is 119 cm³/mol. The fourth-order valence-electron chi connectivity index (χ4n) is 4.58. The Kier molecular flexibility index (Phi) is 7.12. The van der Waals surface area contributed by atoms with E-state index in [9.17, 15) is 27.2 Å². The van der Waals surface area contributed by atoms with E-state index >= 15 is 0 Å². The Morgan fingerprint density at radius 1 is 1.23 bits per heavy atom. The lowest BCUT2D eigenvalue weighted by Gasteiger charge is -2.36. The highest BCUT2D eigenvalue weighted by atomic mass is 19.4. The number of hydrogen-bond acceptors (Lipinski definition) is 4. The largest absolute Gasteiger partial charge is 0.416 e. The van der Waals surface area contributed by atoms with Crippen LogP contribution in [0.3, 0.4) is 0 Å². The summed E-state index contributed by atoms with van der Waals surface area (Å²) in [5.41, 5.74) is 0.0474. The van der Waals surface area contributed by atoms with Gasteiger partial charge in [-0.25, -0.2) is 4.39 Å². The van der Waals surface area contributed by atoms with Crippen molar-refractivity contribution in [3.63, 3.8) is 0 Å². The number of nitrogens with zero attached hydrogens (tertiary/aromatic N) is 2. The molecule has 6 nitrogen and oxygen atoms in total. The van der Waals surface area contributed by atoms with Gasteiger partial charge in [-0.2, -0.15) is 13.2 Å². The number of carbonyl (C=O) groups excluding carboxylic acids is 2. The molecule has 35 heavy (non-hydrogen) atoms. The third-order valence-corrected chi connectivity index (χ3v) is 6.62. The first-order valence-electron chi connectivity index (χ1n) is 11.6. The summed E-state index contributed by atoms with van der Waals surface area (Å²) < 4.78 is 59.0. The van der Waals surface area contributed by atoms with E-state index < -0.39 is 35.5 Å². The standard InChI is InChI=1S/C25H27F4N3O3/c1-3-15-6-7-30-20(9-15)24(34)32-11-14(2)8-21(32)23(33)31-22(16-12-35-13-16)18-5-4-17(10-19(18)26)25(27,28)29/h4-7,9-10,14,16,21-22H,3,8,11-13H2,1-2H3,(H,31,33)/t14-,21-,22-/m1/s1. The fourth-order valence-corrected chi connectivity index (χ4v) is 4.58. The van der Waals surface area contributed by atoms with Crippen molar-refractivity contribution >= 4 is 11.8 Å². The quantitative estimate of drug-likeness (QED) is 0.614. The molecular weight excluding hydrogens is 466 g/mol. The number of halogens is 4. The molecule has 0 spiro atoms. The van der Waals surface area contributed by atoms with Gasteiger partial charge in [0.1, 0.15) is 17.6 Å². The van der Waals surface area contributed by atoms with Gasteiger partial charge in [-0.1, -0.05) is 19.9 Å². The molecule has 2 amide bonds. The monoisotopic (exact) mass is 493 g/mol. The smallest absolute Gasteiger partial charge is 0.381 e. The summed E-state index contributed by atoms with van der Waals surface area (Å²) in [5.74, 6) is -2.14. The first-order valence-corrected chi connectivity index (χ1v) is 11.6. The zero-order chi connectivity index (χ0) is 25.3. The number of hydrogen-bond donors (Lipinski definition) is 1. The minimum Gasteiger partial charge on any atom is -0.381 e. The molecular formula is C25H27F4N3O3. The van der Waals surface area contributed by atoms with Gasteiger partial charge < -0.3 is 15.0 Å². The van der Waals surface area contributed by atoms with Crippen LogP contribution in [0.5, 0.6) is 0 Å². The van der Waals surface area contributed by atoms with Crippen LogP contribution >= 0.6 is 0 Å². The van der Waals surface area contributed by atoms with E-state index in [1.165, 1.54) is 4.90 Å². The average Bonchev–Trinajstić information content (AvgIpc) is 3.18. The Morgan fingerprint density at radius 2 is 1.97 bits per heavy atom. The van der Waals surface area contributed by atoms with Crippen LogP contribution < -0.4 is 5.32 Å². The molecule has 1 aromatic carbocycles. The summed E-state index contributed by atoms with van der Waals surface area (Å²) in [7, 11) is 0. The van der Waals surface area contributed by atoms with Crippen LogP contribution in [0.25, 0.3) is 0 Å². The number of rotatable bonds is 6. The van der Waals surface area contributed by atoms with Crippen LogP contribution in [-0.2, 0) is 22.1 Å². The fraction of sp³-hybridized carbons (Fsp3) is 0.480. The van der Waals surface area contributed by atoms with E-state index in [0.717, 1.165) is 24.1 Å². The molecule has 3 atom stereocenters. The zero-order valence-corrected chi connectivity index (χ0v) is 19.4. The second-order valence-corrected chi connectivity index (χ2v) is 9.23. The normalized spacial score (nSPS) is 21.5. The maximum Gasteiger partial charge on any atom is 0.416 e. The molecule has 2 aliphatic rings. The highest BCUT2D eigenvalue weighted by Crippen LogP contribution is 2.35. The lowest BCUT2D eigenvalue weighted by atomic mass is 9.90. The maximum absolute atomic E-state index is 14.8. The first-order chi connectivity index (χ1) is 16.6. The average molecular weight is 494 g/mol. The predicted octanol–water partition coefficient (Wildman–Crippen LogP) is 4.16. The molecule has 0 aliphatic carbocycles. The van der Waals surface area contributed by atoms with Crippen molar-refractivity contribution in [3.8, 4) is 0 Å². The van der Waals surface area contributed by atoms with Gasteiger partial charge in [0.25, 0.3) is 5.91 Å². The van der Waals surface area contributed by atoms with Gasteiger partial charge in [0.2, 0.25) is 5.91 Å². The van der Waals surface area contributed by atoms with E-state index in [4.69, 9.17) is 4.74 Å². The van der Waals surface area contributed by atoms with E-state index in [1.54, 1.807) is 12.3 Å². The first kappa shape index (κ1) is 25.1. The highest BCUT2D eigenvalue weighted by molar-refractivity contribution is 5.96. The molecule has 2 aliphatic heterocycles. The van der Waals surface area contributed by atoms with Gasteiger partial charge in [0, 0.05) is 24.2 Å². The summed E-state index contributed by atoms with van der Waals surface area (Å²) in [4.78, 5) is 32.2. The Morgan fingerprint density at radius 3 is 2.57 bits per heavy atom. The van der Waals surface area contributed by atoms with Crippen molar-refractivity contribution in [2.24, 2.45) is 11.8 Å². The zero-order valence-electron chi connectivity index (χ0n) is 19.4. The van der Waals surface area contributed by atoms with Crippen LogP contribution in [0.1, 0.15) is 53.5 Å². The highest BCUT2D eigenvalue weighted by Gasteiger charge is 2.41. The molecule has 3 heterocycles. The van der Waals surface area contributed by atoms with Crippen LogP contribution in [0, 0.1) is 17.7 Å². The Bertz CT molecular complexity index is 1100. The van der Waals surface area contributed by atoms with Crippen molar-refractivity contribution in [2.45, 2.75) is 44.9 Å². The van der Waals surface area contributed by atoms with Gasteiger partial charge in [-0.15, -0.1) is 0 Å². The topological polar surface area (TPSA) is 71.5 Å². The van der Waals surface area contributed by atoms with Crippen LogP contribution in [0.2, 0.25) is 0 Å². The van der Waals surface area contributed by atoms with Crippen molar-refractivity contribution in [1.29, 1.82) is 0 Å². The van der Waals surface area contributed by atoms with Crippen molar-refractivity contribution in [1.82, 2.24) is 15.2 Å². The number of aryl methyl sites for hydroxylation is 1. The Labute approximate surface area is 200 Å². The van der Waals surface area contributed by atoms with E-state index in [1.807, 2.05) is 19.9 Å². The lowest BCUT2D eigenvalue weighted by molar-refractivity contribution is -0.138. The third kappa shape index (κ3) is 5.32. The molecule has 4 rings (SSSR count). The van der Waals surface area contributed by atoms with Crippen molar-refractivity contribution < 1.29 is 31.9 Å². The number of pyridine rings is 1. The molecule has 10 heteroatoms. The van der Waals surface area contributed by atoms with Crippen LogP contribution in [-0.4, -0.2) is 47.5 Å². The SMILES string of the molecule is CCc1ccnc(C(=O)N2C[C@H](C)C[C@@H]2C(=O)N[C@@H](c2ccc(C(F)(F)F)cc2F)C2COC2)c1. The third-order valence-electron chi connectivity index (χ3n) is 6.62. The Hall–Kier alpha value is -3.01. The number of benzene rings is 1. The molecule has 0 saturated carbocycles. The summed E-state index contributed by atoms with van der Waals surface area (Å²) in [6.07, 6.45) is -1.98. The molecule has 188 valence electrons. The van der Waals surface area contributed by atoms with Gasteiger partial charge >= 0.3 is 6.18 Å². The van der Waals surface area contributed by atoms with Gasteiger partial charge in [-0.3, -0.25) is 14.6 Å². The number of ether oxygens (including phenoxy) is 1. The van der Waals surface area contributed by atoms with Crippen molar-refractivity contribution in [3.05, 3.63) is 64.7 Å². The minimum absolute atomic E-state index is 0.0408. The second-order valence-electron chi connectivity index (χ2n) is 9.23. The molecule has 2 saturated heterocycles. The molecule has 0 bridgehead atoms. The van der Waals surface area contributed by atoms with E-state index in [2.05, 4.69) is 10.3 Å². The molecule has 2 fully saturated rings. The summed E-state index contributed by atoms with van der Waals surface area (Å²) in [6.45, 7) is 4.73. The number of aromatic nitrogens is 1. The number of amides is 2. The second kappa shape index (κ2) is 9.93. The van der Waals surface area contributed by atoms with Crippen molar-refractivity contribution in [2.75, 3.05) is 19.8 Å². The number of alkyl halides is 3. The Balaban J connectivity index is 1.57. The number of nitrogens with one attached hydrogen (secondary N) is 1. The molecule has 1 N–H and O–H groups in total. The summed E-state index contributed by atoms with van der Waals surface area (Å²) in [5, 5.41) is 2.80. The summed E-state index contributed by atoms with van der Waals surface area (Å²) in [6, 6.07) is 4.13. The number of likely N-dealkylation sites (tertiary alicyclic amines) is 1. The van der Waals surface area contributed by atoms with Crippen LogP contribution in [0.15, 0.2) is 36.5 Å². The maximum atomic E-state index is 14.8. The molecule has 2 aromatic rings. The van der Waals surface area contributed by atoms with Gasteiger partial charge in [0.15, 0.2) is 0 Å². The molecule has 1 aromatic heterocycles. The van der Waals surface area contributed by atoms with E-state index in [0.29, 0.717) is 19.0 Å². The van der Waals surface area contributed by atoms with Gasteiger partial charge in [0.05, 0.1) is 24.8 Å². The lowest BCUT2D eigenvalue weighted by Crippen LogP contribution is -2.50. The van der Waals surface area contributed by atoms with E-state index in [-0.39, 0.29) is 42.2 Å². The minimum atomic E-state index is -4.68.